The number of hydrogen-bond acceptors (Lipinski definition) is 5. The number of carbonyl (C=O) groups is 2. The van der Waals surface area contributed by atoms with E-state index in [-0.39, 0.29) is 11.3 Å². The lowest BCUT2D eigenvalue weighted by Gasteiger charge is -2.31. The van der Waals surface area contributed by atoms with Crippen molar-refractivity contribution in [2.45, 2.75) is 52.0 Å². The number of aliphatic hydroxyl groups is 1. The summed E-state index contributed by atoms with van der Waals surface area (Å²) in [4.78, 5) is 30.4. The van der Waals surface area contributed by atoms with Crippen molar-refractivity contribution in [1.82, 2.24) is 9.80 Å². The van der Waals surface area contributed by atoms with Gasteiger partial charge in [0.15, 0.2) is 11.5 Å². The average Bonchev–Trinajstić information content (AvgIpc) is 3.34. The Balaban J connectivity index is 1.67. The Labute approximate surface area is 189 Å². The van der Waals surface area contributed by atoms with E-state index in [0.717, 1.165) is 25.2 Å². The molecule has 1 aromatic carbocycles. The van der Waals surface area contributed by atoms with Crippen LogP contribution in [0.1, 0.15) is 72.5 Å². The van der Waals surface area contributed by atoms with E-state index in [2.05, 4.69) is 18.7 Å². The summed E-state index contributed by atoms with van der Waals surface area (Å²) in [6.45, 7) is 9.23. The molecule has 6 nitrogen and oxygen atoms in total. The maximum Gasteiger partial charge on any atom is 0.290 e. The molecule has 0 saturated carbocycles. The zero-order valence-electron chi connectivity index (χ0n) is 19.1. The second kappa shape index (κ2) is 9.33. The van der Waals surface area contributed by atoms with E-state index in [9.17, 15) is 14.7 Å². The fraction of sp³-hybridized carbons (Fsp3) is 0.462. The highest BCUT2D eigenvalue weighted by molar-refractivity contribution is 6.15. The zero-order chi connectivity index (χ0) is 22.8. The van der Waals surface area contributed by atoms with Crippen LogP contribution in [-0.4, -0.2) is 52.8 Å². The molecule has 170 valence electrons. The molecule has 0 aliphatic carbocycles. The van der Waals surface area contributed by atoms with Gasteiger partial charge in [0.25, 0.3) is 5.91 Å². The Kier molecular flexibility index (Phi) is 6.51. The first-order valence-electron chi connectivity index (χ1n) is 11.5. The highest BCUT2D eigenvalue weighted by Crippen LogP contribution is 2.39. The van der Waals surface area contributed by atoms with Crippen molar-refractivity contribution in [2.75, 3.05) is 26.2 Å². The summed E-state index contributed by atoms with van der Waals surface area (Å²) in [5.74, 6) is -0.286. The van der Waals surface area contributed by atoms with Gasteiger partial charge in [0, 0.05) is 13.1 Å². The number of piperidine rings is 1. The molecule has 4 rings (SSSR count). The van der Waals surface area contributed by atoms with E-state index < -0.39 is 23.5 Å². The van der Waals surface area contributed by atoms with E-state index >= 15 is 0 Å². The predicted octanol–water partition coefficient (Wildman–Crippen LogP) is 4.78. The minimum absolute atomic E-state index is 0.0975. The van der Waals surface area contributed by atoms with Crippen LogP contribution < -0.4 is 0 Å². The Hall–Kier alpha value is -2.86. The normalized spacial score (nSPS) is 19.9. The summed E-state index contributed by atoms with van der Waals surface area (Å²) in [7, 11) is 0. The molecule has 3 heterocycles. The van der Waals surface area contributed by atoms with E-state index in [0.29, 0.717) is 18.2 Å². The summed E-state index contributed by atoms with van der Waals surface area (Å²) >= 11 is 0. The third-order valence-corrected chi connectivity index (χ3v) is 6.54. The third kappa shape index (κ3) is 4.37. The molecule has 2 aliphatic rings. The molecular weight excluding hydrogens is 404 g/mol. The maximum absolute atomic E-state index is 13.3. The number of benzene rings is 1. The number of aryl methyl sites for hydroxylation is 1. The SMILES string of the molecule is Cc1ccc(C(=O)C2=C(O)C(=O)N(CCN3CCCCC3)C2c2ccc(C(C)C)cc2)o1. The summed E-state index contributed by atoms with van der Waals surface area (Å²) in [5.41, 5.74) is 2.10. The van der Waals surface area contributed by atoms with Gasteiger partial charge in [0.05, 0.1) is 11.6 Å². The van der Waals surface area contributed by atoms with Gasteiger partial charge in [-0.2, -0.15) is 0 Å². The average molecular weight is 437 g/mol. The fourth-order valence-electron chi connectivity index (χ4n) is 4.65. The number of Topliss-reactive ketones (excluding diaryl/α,β-unsaturated/α-hetero) is 1. The fourth-order valence-corrected chi connectivity index (χ4v) is 4.65. The molecule has 1 saturated heterocycles. The van der Waals surface area contributed by atoms with E-state index in [1.165, 1.54) is 24.8 Å². The molecule has 1 aromatic heterocycles. The number of nitrogens with zero attached hydrogens (tertiary/aromatic N) is 2. The van der Waals surface area contributed by atoms with Gasteiger partial charge >= 0.3 is 0 Å². The Morgan fingerprint density at radius 1 is 1.06 bits per heavy atom. The molecule has 6 heteroatoms. The number of likely N-dealkylation sites (tertiary alicyclic amines) is 1. The predicted molar refractivity (Wildman–Crippen MR) is 123 cm³/mol. The van der Waals surface area contributed by atoms with Crippen LogP contribution in [-0.2, 0) is 4.79 Å². The lowest BCUT2D eigenvalue weighted by molar-refractivity contribution is -0.129. The van der Waals surface area contributed by atoms with Crippen LogP contribution in [0.15, 0.2) is 52.1 Å². The molecule has 1 amide bonds. The van der Waals surface area contributed by atoms with Gasteiger partial charge in [0.1, 0.15) is 5.76 Å². The van der Waals surface area contributed by atoms with Crippen molar-refractivity contribution >= 4 is 11.7 Å². The number of carbonyl (C=O) groups excluding carboxylic acids is 2. The second-order valence-electron chi connectivity index (χ2n) is 9.13. The van der Waals surface area contributed by atoms with Crippen molar-refractivity contribution in [3.63, 3.8) is 0 Å². The molecule has 0 bridgehead atoms. The van der Waals surface area contributed by atoms with E-state index in [4.69, 9.17) is 4.42 Å². The standard InChI is InChI=1S/C26H32N2O4/c1-17(2)19-8-10-20(11-9-19)23-22(24(29)21-12-7-18(3)32-21)25(30)26(31)28(23)16-15-27-13-5-4-6-14-27/h7-12,17,23,30H,4-6,13-16H2,1-3H3. The Morgan fingerprint density at radius 2 is 1.75 bits per heavy atom. The van der Waals surface area contributed by atoms with Gasteiger partial charge in [-0.1, -0.05) is 44.5 Å². The minimum atomic E-state index is -0.633. The largest absolute Gasteiger partial charge is 0.503 e. The van der Waals surface area contributed by atoms with Crippen LogP contribution in [0.4, 0.5) is 0 Å². The molecule has 1 fully saturated rings. The van der Waals surface area contributed by atoms with Crippen LogP contribution in [0, 0.1) is 6.92 Å². The zero-order valence-corrected chi connectivity index (χ0v) is 19.1. The van der Waals surface area contributed by atoms with Gasteiger partial charge in [-0.15, -0.1) is 0 Å². The molecule has 0 radical (unpaired) electrons. The van der Waals surface area contributed by atoms with E-state index in [1.807, 2.05) is 24.3 Å². The summed E-state index contributed by atoms with van der Waals surface area (Å²) in [6, 6.07) is 10.6. The smallest absolute Gasteiger partial charge is 0.290 e. The van der Waals surface area contributed by atoms with Crippen molar-refractivity contribution in [1.29, 1.82) is 0 Å². The number of ketones is 1. The molecule has 0 spiro atoms. The number of rotatable bonds is 7. The minimum Gasteiger partial charge on any atom is -0.503 e. The number of furan rings is 1. The lowest BCUT2D eigenvalue weighted by Crippen LogP contribution is -2.40. The monoisotopic (exact) mass is 436 g/mol. The number of hydrogen-bond donors (Lipinski definition) is 1. The molecule has 32 heavy (non-hydrogen) atoms. The maximum atomic E-state index is 13.3. The van der Waals surface area contributed by atoms with Gasteiger partial charge in [-0.05, 0) is 62.0 Å². The Morgan fingerprint density at radius 3 is 2.34 bits per heavy atom. The van der Waals surface area contributed by atoms with Crippen LogP contribution in [0.3, 0.4) is 0 Å². The highest BCUT2D eigenvalue weighted by atomic mass is 16.3. The van der Waals surface area contributed by atoms with Crippen LogP contribution >= 0.6 is 0 Å². The first kappa shape index (κ1) is 22.3. The molecular formula is C26H32N2O4. The van der Waals surface area contributed by atoms with Crippen molar-refractivity contribution < 1.29 is 19.1 Å². The highest BCUT2D eigenvalue weighted by Gasteiger charge is 2.44. The molecule has 1 unspecified atom stereocenters. The summed E-state index contributed by atoms with van der Waals surface area (Å²) in [6.07, 6.45) is 3.58. The second-order valence-corrected chi connectivity index (χ2v) is 9.13. The van der Waals surface area contributed by atoms with Crippen molar-refractivity contribution in [3.05, 3.63) is 70.4 Å². The molecule has 1 N–H and O–H groups in total. The van der Waals surface area contributed by atoms with Crippen molar-refractivity contribution in [2.24, 2.45) is 0 Å². The number of aliphatic hydroxyl groups excluding tert-OH is 1. The summed E-state index contributed by atoms with van der Waals surface area (Å²) < 4.78 is 5.53. The first-order valence-corrected chi connectivity index (χ1v) is 11.5. The van der Waals surface area contributed by atoms with Crippen LogP contribution in [0.25, 0.3) is 0 Å². The van der Waals surface area contributed by atoms with Crippen LogP contribution in [0.5, 0.6) is 0 Å². The van der Waals surface area contributed by atoms with Gasteiger partial charge in [-0.3, -0.25) is 9.59 Å². The third-order valence-electron chi connectivity index (χ3n) is 6.54. The topological polar surface area (TPSA) is 74.0 Å². The molecule has 2 aromatic rings. The Bertz CT molecular complexity index is 1010. The van der Waals surface area contributed by atoms with Gasteiger partial charge in [0.2, 0.25) is 5.78 Å². The quantitative estimate of drug-likeness (QED) is 0.633. The van der Waals surface area contributed by atoms with Gasteiger partial charge < -0.3 is 19.3 Å². The van der Waals surface area contributed by atoms with Crippen LogP contribution in [0.2, 0.25) is 0 Å². The van der Waals surface area contributed by atoms with Crippen molar-refractivity contribution in [3.8, 4) is 0 Å². The molecule has 2 aliphatic heterocycles. The van der Waals surface area contributed by atoms with E-state index in [1.54, 1.807) is 24.0 Å². The summed E-state index contributed by atoms with van der Waals surface area (Å²) in [5, 5.41) is 10.8. The number of amides is 1. The molecule has 1 atom stereocenters. The lowest BCUT2D eigenvalue weighted by atomic mass is 9.93. The van der Waals surface area contributed by atoms with Gasteiger partial charge in [-0.25, -0.2) is 0 Å². The first-order chi connectivity index (χ1) is 15.4.